The van der Waals surface area contributed by atoms with Crippen molar-refractivity contribution in [2.24, 2.45) is 0 Å². The monoisotopic (exact) mass is 196 g/mol. The zero-order valence-electron chi connectivity index (χ0n) is 8.87. The van der Waals surface area contributed by atoms with E-state index < -0.39 is 0 Å². The third-order valence-corrected chi connectivity index (χ3v) is 2.78. The molecule has 74 valence electrons. The molecule has 0 saturated carbocycles. The lowest BCUT2D eigenvalue weighted by Crippen LogP contribution is -1.71. The smallest absolute Gasteiger partial charge is 0.135 e. The van der Waals surface area contributed by atoms with Crippen LogP contribution in [0.4, 0.5) is 0 Å². The lowest BCUT2D eigenvalue weighted by Gasteiger charge is -1.91. The van der Waals surface area contributed by atoms with Crippen molar-refractivity contribution in [3.63, 3.8) is 0 Å². The maximum atomic E-state index is 5.81. The predicted octanol–water partition coefficient (Wildman–Crippen LogP) is 4.20. The largest absolute Gasteiger partial charge is 0.456 e. The van der Waals surface area contributed by atoms with Gasteiger partial charge in [0, 0.05) is 10.8 Å². The molecule has 1 nitrogen and oxygen atoms in total. The Balaban J connectivity index is 2.51. The number of benzene rings is 2. The van der Waals surface area contributed by atoms with Crippen LogP contribution in [0.3, 0.4) is 0 Å². The Hall–Kier alpha value is -1.76. The van der Waals surface area contributed by atoms with E-state index in [9.17, 15) is 0 Å². The standard InChI is InChI=1S/C14H12O/c1-9-3-5-11-12-6-4-10(2)8-14(12)15-13(11)7-9/h3-8H,1-2H3. The summed E-state index contributed by atoms with van der Waals surface area (Å²) in [5.74, 6) is 0. The van der Waals surface area contributed by atoms with E-state index in [1.807, 2.05) is 0 Å². The predicted molar refractivity (Wildman–Crippen MR) is 63.2 cm³/mol. The van der Waals surface area contributed by atoms with Gasteiger partial charge in [0.25, 0.3) is 0 Å². The van der Waals surface area contributed by atoms with Crippen LogP contribution in [0.1, 0.15) is 11.1 Å². The average Bonchev–Trinajstić information content (AvgIpc) is 2.53. The second-order valence-corrected chi connectivity index (χ2v) is 4.10. The zero-order chi connectivity index (χ0) is 10.4. The lowest BCUT2D eigenvalue weighted by atomic mass is 10.1. The topological polar surface area (TPSA) is 13.1 Å². The van der Waals surface area contributed by atoms with E-state index in [0.29, 0.717) is 0 Å². The van der Waals surface area contributed by atoms with Crippen molar-refractivity contribution in [1.82, 2.24) is 0 Å². The van der Waals surface area contributed by atoms with Crippen molar-refractivity contribution >= 4 is 21.9 Å². The first-order valence-corrected chi connectivity index (χ1v) is 5.13. The number of aryl methyl sites for hydroxylation is 2. The minimum Gasteiger partial charge on any atom is -0.456 e. The second kappa shape index (κ2) is 2.86. The van der Waals surface area contributed by atoms with Crippen LogP contribution in [0.15, 0.2) is 40.8 Å². The van der Waals surface area contributed by atoms with Crippen molar-refractivity contribution in [3.8, 4) is 0 Å². The van der Waals surface area contributed by atoms with Gasteiger partial charge >= 0.3 is 0 Å². The summed E-state index contributed by atoms with van der Waals surface area (Å²) in [6, 6.07) is 12.7. The van der Waals surface area contributed by atoms with E-state index in [2.05, 4.69) is 50.2 Å². The summed E-state index contributed by atoms with van der Waals surface area (Å²) in [6.45, 7) is 4.16. The minimum atomic E-state index is 0.982. The third-order valence-electron chi connectivity index (χ3n) is 2.78. The summed E-state index contributed by atoms with van der Waals surface area (Å²) >= 11 is 0. The molecular formula is C14H12O. The summed E-state index contributed by atoms with van der Waals surface area (Å²) < 4.78 is 5.81. The van der Waals surface area contributed by atoms with Crippen LogP contribution in [-0.2, 0) is 0 Å². The van der Waals surface area contributed by atoms with Crippen LogP contribution < -0.4 is 0 Å². The molecule has 0 saturated heterocycles. The Morgan fingerprint density at radius 3 is 1.67 bits per heavy atom. The number of hydrogen-bond acceptors (Lipinski definition) is 1. The van der Waals surface area contributed by atoms with Gasteiger partial charge in [-0.3, -0.25) is 0 Å². The van der Waals surface area contributed by atoms with Gasteiger partial charge in [-0.15, -0.1) is 0 Å². The second-order valence-electron chi connectivity index (χ2n) is 4.10. The molecule has 3 rings (SSSR count). The summed E-state index contributed by atoms with van der Waals surface area (Å²) in [5, 5.41) is 2.41. The molecule has 0 spiro atoms. The Labute approximate surface area is 88.3 Å². The third kappa shape index (κ3) is 1.23. The zero-order valence-corrected chi connectivity index (χ0v) is 8.87. The van der Waals surface area contributed by atoms with Crippen LogP contribution in [0, 0.1) is 13.8 Å². The van der Waals surface area contributed by atoms with E-state index in [4.69, 9.17) is 4.42 Å². The van der Waals surface area contributed by atoms with Crippen molar-refractivity contribution < 1.29 is 4.42 Å². The summed E-state index contributed by atoms with van der Waals surface area (Å²) in [6.07, 6.45) is 0. The molecule has 1 heteroatoms. The van der Waals surface area contributed by atoms with Crippen molar-refractivity contribution in [2.75, 3.05) is 0 Å². The molecule has 0 atom stereocenters. The summed E-state index contributed by atoms with van der Waals surface area (Å²) in [4.78, 5) is 0. The van der Waals surface area contributed by atoms with Gasteiger partial charge in [-0.25, -0.2) is 0 Å². The van der Waals surface area contributed by atoms with Crippen LogP contribution in [0.5, 0.6) is 0 Å². The maximum Gasteiger partial charge on any atom is 0.135 e. The Morgan fingerprint density at radius 1 is 0.733 bits per heavy atom. The molecule has 15 heavy (non-hydrogen) atoms. The van der Waals surface area contributed by atoms with E-state index >= 15 is 0 Å². The molecule has 0 aliphatic heterocycles. The Bertz CT molecular complexity index is 591. The van der Waals surface area contributed by atoms with Crippen LogP contribution in [0.2, 0.25) is 0 Å². The fourth-order valence-corrected chi connectivity index (χ4v) is 1.99. The van der Waals surface area contributed by atoms with E-state index in [-0.39, 0.29) is 0 Å². The van der Waals surface area contributed by atoms with E-state index in [1.165, 1.54) is 21.9 Å². The molecule has 1 aromatic heterocycles. The molecular weight excluding hydrogens is 184 g/mol. The first-order chi connectivity index (χ1) is 7.24. The first kappa shape index (κ1) is 8.54. The molecule has 0 aliphatic rings. The quantitative estimate of drug-likeness (QED) is 0.525. The van der Waals surface area contributed by atoms with Gasteiger partial charge in [0.05, 0.1) is 0 Å². The highest BCUT2D eigenvalue weighted by Crippen LogP contribution is 2.29. The van der Waals surface area contributed by atoms with Gasteiger partial charge in [-0.05, 0) is 37.1 Å². The Morgan fingerprint density at radius 2 is 1.20 bits per heavy atom. The number of hydrogen-bond donors (Lipinski definition) is 0. The highest BCUT2D eigenvalue weighted by atomic mass is 16.3. The first-order valence-electron chi connectivity index (χ1n) is 5.13. The molecule has 3 aromatic rings. The van der Waals surface area contributed by atoms with Gasteiger partial charge < -0.3 is 4.42 Å². The molecule has 0 unspecified atom stereocenters. The normalized spacial score (nSPS) is 11.3. The molecule has 2 aromatic carbocycles. The molecule has 0 bridgehead atoms. The highest BCUT2D eigenvalue weighted by Gasteiger charge is 2.05. The van der Waals surface area contributed by atoms with E-state index in [0.717, 1.165) is 11.2 Å². The molecule has 0 N–H and O–H groups in total. The number of fused-ring (bicyclic) bond motifs is 3. The number of rotatable bonds is 0. The van der Waals surface area contributed by atoms with Crippen molar-refractivity contribution in [2.45, 2.75) is 13.8 Å². The average molecular weight is 196 g/mol. The summed E-state index contributed by atoms with van der Waals surface area (Å²) in [7, 11) is 0. The van der Waals surface area contributed by atoms with Gasteiger partial charge in [-0.2, -0.15) is 0 Å². The van der Waals surface area contributed by atoms with Crippen LogP contribution >= 0.6 is 0 Å². The fraction of sp³-hybridized carbons (Fsp3) is 0.143. The fourth-order valence-electron chi connectivity index (χ4n) is 1.99. The van der Waals surface area contributed by atoms with Crippen LogP contribution in [-0.4, -0.2) is 0 Å². The van der Waals surface area contributed by atoms with Gasteiger partial charge in [0.1, 0.15) is 11.2 Å². The molecule has 0 fully saturated rings. The van der Waals surface area contributed by atoms with Crippen molar-refractivity contribution in [3.05, 3.63) is 47.5 Å². The van der Waals surface area contributed by atoms with Gasteiger partial charge in [0.2, 0.25) is 0 Å². The maximum absolute atomic E-state index is 5.81. The highest BCUT2D eigenvalue weighted by molar-refractivity contribution is 6.05. The SMILES string of the molecule is Cc1ccc2c(c1)oc1cc(C)ccc12. The van der Waals surface area contributed by atoms with Gasteiger partial charge in [-0.1, -0.05) is 24.3 Å². The lowest BCUT2D eigenvalue weighted by molar-refractivity contribution is 0.668. The number of furan rings is 1. The Kier molecular flexibility index (Phi) is 1.63. The van der Waals surface area contributed by atoms with E-state index in [1.54, 1.807) is 0 Å². The molecule has 0 aliphatic carbocycles. The molecule has 0 radical (unpaired) electrons. The minimum absolute atomic E-state index is 0.982. The van der Waals surface area contributed by atoms with Crippen LogP contribution in [0.25, 0.3) is 21.9 Å². The summed E-state index contributed by atoms with van der Waals surface area (Å²) in [5.41, 5.74) is 4.43. The molecule has 1 heterocycles. The van der Waals surface area contributed by atoms with Crippen molar-refractivity contribution in [1.29, 1.82) is 0 Å². The van der Waals surface area contributed by atoms with Gasteiger partial charge in [0.15, 0.2) is 0 Å². The molecule has 0 amide bonds.